The second-order valence-corrected chi connectivity index (χ2v) is 6.00. The summed E-state index contributed by atoms with van der Waals surface area (Å²) in [4.78, 5) is 23.7. The highest BCUT2D eigenvalue weighted by molar-refractivity contribution is 5.82. The molecule has 3 fully saturated rings. The standard InChI is InChI=1S/C15H20O5/c1-2-12(16)20-15-6-5-10(8-15)11(9-15)14(17)19-13-4-3-7-18-13/h2,10-11,13H,1,3-9H2. The lowest BCUT2D eigenvalue weighted by Crippen LogP contribution is -2.34. The molecule has 20 heavy (non-hydrogen) atoms. The Bertz CT molecular complexity index is 426. The summed E-state index contributed by atoms with van der Waals surface area (Å²) >= 11 is 0. The van der Waals surface area contributed by atoms with Crippen molar-refractivity contribution in [1.29, 1.82) is 0 Å². The van der Waals surface area contributed by atoms with E-state index in [0.717, 1.165) is 32.1 Å². The number of rotatable bonds is 4. The smallest absolute Gasteiger partial charge is 0.330 e. The molecule has 1 heterocycles. The first-order chi connectivity index (χ1) is 9.62. The number of hydrogen-bond acceptors (Lipinski definition) is 5. The van der Waals surface area contributed by atoms with Crippen LogP contribution in [0.3, 0.4) is 0 Å². The summed E-state index contributed by atoms with van der Waals surface area (Å²) in [6, 6.07) is 0. The fourth-order valence-electron chi connectivity index (χ4n) is 3.75. The van der Waals surface area contributed by atoms with Gasteiger partial charge in [-0.25, -0.2) is 4.79 Å². The minimum absolute atomic E-state index is 0.162. The Morgan fingerprint density at radius 3 is 2.85 bits per heavy atom. The number of carbonyl (C=O) groups is 2. The van der Waals surface area contributed by atoms with Gasteiger partial charge >= 0.3 is 11.9 Å². The van der Waals surface area contributed by atoms with Crippen LogP contribution in [0.5, 0.6) is 0 Å². The van der Waals surface area contributed by atoms with Gasteiger partial charge in [-0.2, -0.15) is 0 Å². The largest absolute Gasteiger partial charge is 0.456 e. The maximum absolute atomic E-state index is 12.2. The Morgan fingerprint density at radius 2 is 2.15 bits per heavy atom. The molecule has 0 amide bonds. The van der Waals surface area contributed by atoms with Gasteiger partial charge in [0.15, 0.2) is 0 Å². The number of esters is 2. The van der Waals surface area contributed by atoms with Crippen LogP contribution < -0.4 is 0 Å². The Morgan fingerprint density at radius 1 is 1.30 bits per heavy atom. The molecule has 0 spiro atoms. The van der Waals surface area contributed by atoms with Gasteiger partial charge in [-0.3, -0.25) is 4.79 Å². The van der Waals surface area contributed by atoms with Crippen molar-refractivity contribution in [2.45, 2.75) is 50.4 Å². The molecule has 0 N–H and O–H groups in total. The van der Waals surface area contributed by atoms with Crippen LogP contribution in [-0.2, 0) is 23.8 Å². The summed E-state index contributed by atoms with van der Waals surface area (Å²) in [5.74, 6) is -0.496. The van der Waals surface area contributed by atoms with Gasteiger partial charge in [0.05, 0.1) is 12.5 Å². The summed E-state index contributed by atoms with van der Waals surface area (Å²) in [7, 11) is 0. The molecule has 4 atom stereocenters. The van der Waals surface area contributed by atoms with Gasteiger partial charge in [-0.15, -0.1) is 0 Å². The zero-order valence-corrected chi connectivity index (χ0v) is 11.5. The Kier molecular flexibility index (Phi) is 3.54. The van der Waals surface area contributed by atoms with Gasteiger partial charge < -0.3 is 14.2 Å². The molecule has 0 aromatic rings. The maximum Gasteiger partial charge on any atom is 0.330 e. The molecule has 2 bridgehead atoms. The highest BCUT2D eigenvalue weighted by Crippen LogP contribution is 2.53. The van der Waals surface area contributed by atoms with E-state index >= 15 is 0 Å². The molecule has 5 nitrogen and oxygen atoms in total. The van der Waals surface area contributed by atoms with Crippen LogP contribution in [-0.4, -0.2) is 30.4 Å². The van der Waals surface area contributed by atoms with E-state index in [1.807, 2.05) is 0 Å². The highest BCUT2D eigenvalue weighted by Gasteiger charge is 2.56. The zero-order valence-electron chi connectivity index (χ0n) is 11.5. The molecule has 2 saturated carbocycles. The molecule has 110 valence electrons. The summed E-state index contributed by atoms with van der Waals surface area (Å²) < 4.78 is 16.2. The number of carbonyl (C=O) groups excluding carboxylic acids is 2. The van der Waals surface area contributed by atoms with Gasteiger partial charge in [0.2, 0.25) is 6.29 Å². The van der Waals surface area contributed by atoms with E-state index in [-0.39, 0.29) is 24.1 Å². The van der Waals surface area contributed by atoms with Gasteiger partial charge in [-0.1, -0.05) is 6.58 Å². The van der Waals surface area contributed by atoms with Crippen molar-refractivity contribution < 1.29 is 23.8 Å². The number of ether oxygens (including phenoxy) is 3. The van der Waals surface area contributed by atoms with Crippen LogP contribution in [0, 0.1) is 11.8 Å². The minimum atomic E-state index is -0.476. The number of fused-ring (bicyclic) bond motifs is 2. The van der Waals surface area contributed by atoms with Crippen LogP contribution in [0.2, 0.25) is 0 Å². The maximum atomic E-state index is 12.2. The van der Waals surface area contributed by atoms with Gasteiger partial charge in [0.25, 0.3) is 0 Å². The summed E-state index contributed by atoms with van der Waals surface area (Å²) in [6.45, 7) is 4.08. The highest BCUT2D eigenvalue weighted by atomic mass is 16.7. The van der Waals surface area contributed by atoms with Gasteiger partial charge in [-0.05, 0) is 31.6 Å². The summed E-state index contributed by atoms with van der Waals surface area (Å²) in [6.07, 6.45) is 5.60. The molecular weight excluding hydrogens is 260 g/mol. The van der Waals surface area contributed by atoms with E-state index in [1.54, 1.807) is 0 Å². The van der Waals surface area contributed by atoms with Crippen molar-refractivity contribution in [3.05, 3.63) is 12.7 Å². The molecule has 5 heteroatoms. The van der Waals surface area contributed by atoms with Gasteiger partial charge in [0, 0.05) is 18.9 Å². The predicted octanol–water partition coefficient (Wildman–Crippen LogP) is 1.95. The lowest BCUT2D eigenvalue weighted by molar-refractivity contribution is -0.178. The van der Waals surface area contributed by atoms with E-state index in [1.165, 1.54) is 6.08 Å². The number of hydrogen-bond donors (Lipinski definition) is 0. The first kappa shape index (κ1) is 13.6. The second-order valence-electron chi connectivity index (χ2n) is 6.00. The fourth-order valence-corrected chi connectivity index (χ4v) is 3.75. The van der Waals surface area contributed by atoms with Crippen molar-refractivity contribution in [3.63, 3.8) is 0 Å². The normalized spacial score (nSPS) is 38.7. The van der Waals surface area contributed by atoms with Gasteiger partial charge in [0.1, 0.15) is 5.60 Å². The summed E-state index contributed by atoms with van der Waals surface area (Å²) in [5.41, 5.74) is -0.476. The van der Waals surface area contributed by atoms with Crippen molar-refractivity contribution in [2.75, 3.05) is 6.61 Å². The third kappa shape index (κ3) is 2.46. The van der Waals surface area contributed by atoms with Crippen molar-refractivity contribution in [3.8, 4) is 0 Å². The predicted molar refractivity (Wildman–Crippen MR) is 69.5 cm³/mol. The molecule has 1 saturated heterocycles. The van der Waals surface area contributed by atoms with E-state index in [9.17, 15) is 9.59 Å². The topological polar surface area (TPSA) is 61.8 Å². The molecule has 1 aliphatic heterocycles. The molecule has 3 aliphatic rings. The average molecular weight is 280 g/mol. The molecule has 0 radical (unpaired) electrons. The fraction of sp³-hybridized carbons (Fsp3) is 0.733. The molecule has 2 aliphatic carbocycles. The van der Waals surface area contributed by atoms with E-state index in [0.29, 0.717) is 13.0 Å². The van der Waals surface area contributed by atoms with E-state index in [4.69, 9.17) is 14.2 Å². The van der Waals surface area contributed by atoms with Crippen molar-refractivity contribution in [2.24, 2.45) is 11.8 Å². The molecule has 0 aromatic heterocycles. The van der Waals surface area contributed by atoms with Crippen molar-refractivity contribution in [1.82, 2.24) is 0 Å². The first-order valence-electron chi connectivity index (χ1n) is 7.29. The second kappa shape index (κ2) is 5.20. The molecule has 0 aromatic carbocycles. The van der Waals surface area contributed by atoms with E-state index < -0.39 is 11.6 Å². The zero-order chi connectivity index (χ0) is 14.2. The minimum Gasteiger partial charge on any atom is -0.456 e. The lowest BCUT2D eigenvalue weighted by Gasteiger charge is -2.29. The Balaban J connectivity index is 1.60. The van der Waals surface area contributed by atoms with Crippen LogP contribution in [0.1, 0.15) is 38.5 Å². The molecule has 4 unspecified atom stereocenters. The van der Waals surface area contributed by atoms with Crippen LogP contribution in [0.4, 0.5) is 0 Å². The molecular formula is C15H20O5. The van der Waals surface area contributed by atoms with Crippen LogP contribution >= 0.6 is 0 Å². The van der Waals surface area contributed by atoms with Crippen molar-refractivity contribution >= 4 is 11.9 Å². The third-order valence-electron chi connectivity index (χ3n) is 4.69. The van der Waals surface area contributed by atoms with E-state index in [2.05, 4.69) is 6.58 Å². The monoisotopic (exact) mass is 280 g/mol. The van der Waals surface area contributed by atoms with Crippen LogP contribution in [0.25, 0.3) is 0 Å². The quantitative estimate of drug-likeness (QED) is 0.582. The first-order valence-corrected chi connectivity index (χ1v) is 7.29. The van der Waals surface area contributed by atoms with Crippen LogP contribution in [0.15, 0.2) is 12.7 Å². The lowest BCUT2D eigenvalue weighted by atomic mass is 9.87. The SMILES string of the molecule is C=CC(=O)OC12CCC(C1)C(C(=O)OC1CCCO1)C2. The Labute approximate surface area is 118 Å². The summed E-state index contributed by atoms with van der Waals surface area (Å²) in [5, 5.41) is 0. The third-order valence-corrected chi connectivity index (χ3v) is 4.69. The average Bonchev–Trinajstić information content (AvgIpc) is 3.13. The molecule has 3 rings (SSSR count). The Hall–Kier alpha value is -1.36.